The number of H-pyrrole nitrogens is 1. The Morgan fingerprint density at radius 1 is 1.22 bits per heavy atom. The van der Waals surface area contributed by atoms with Crippen molar-refractivity contribution in [1.82, 2.24) is 9.97 Å². The fourth-order valence-electron chi connectivity index (χ4n) is 2.33. The van der Waals surface area contributed by atoms with Gasteiger partial charge in [-0.05, 0) is 55.7 Å². The van der Waals surface area contributed by atoms with E-state index in [4.69, 9.17) is 5.11 Å². The molecule has 0 aliphatic carbocycles. The third kappa shape index (κ3) is 3.85. The Morgan fingerprint density at radius 3 is 2.35 bits per heavy atom. The van der Waals surface area contributed by atoms with E-state index in [1.807, 2.05) is 26.0 Å². The normalized spacial score (nSPS) is 11.1. The smallest absolute Gasteiger partial charge is 0.308 e. The highest BCUT2D eigenvalue weighted by Crippen LogP contribution is 2.23. The molecule has 6 nitrogen and oxygen atoms in total. The van der Waals surface area contributed by atoms with E-state index in [0.29, 0.717) is 11.5 Å². The number of aromatic nitrogens is 2. The highest BCUT2D eigenvalue weighted by molar-refractivity contribution is 5.71. The predicted octanol–water partition coefficient (Wildman–Crippen LogP) is 2.20. The van der Waals surface area contributed by atoms with E-state index in [1.165, 1.54) is 0 Å². The van der Waals surface area contributed by atoms with Crippen molar-refractivity contribution in [3.63, 3.8) is 0 Å². The summed E-state index contributed by atoms with van der Waals surface area (Å²) in [6.07, 6.45) is 3.06. The zero-order valence-corrected chi connectivity index (χ0v) is 13.2. The summed E-state index contributed by atoms with van der Waals surface area (Å²) in [5.41, 5.74) is 2.50. The van der Waals surface area contributed by atoms with Gasteiger partial charge in [0.15, 0.2) is 0 Å². The van der Waals surface area contributed by atoms with Crippen molar-refractivity contribution in [2.75, 3.05) is 0 Å². The van der Waals surface area contributed by atoms with Gasteiger partial charge in [0.1, 0.15) is 11.6 Å². The molecule has 0 atom stereocenters. The molecular formula is C17H18N2O4. The zero-order valence-electron chi connectivity index (χ0n) is 13.2. The number of nitrogens with one attached hydrogen (secondary N) is 1. The Kier molecular flexibility index (Phi) is 4.64. The van der Waals surface area contributed by atoms with Crippen LogP contribution in [0.4, 0.5) is 0 Å². The standard InChI is InChI=1S/C17H18N2O4/c1-9-6-12(7-10(2)16(9)22)4-5-14-18-11(3)13(8-15(20)21)17(23)19-14/h4-7,22H,8H2,1-3H3,(H,20,21)(H,18,19,23)/b5-4+. The Morgan fingerprint density at radius 2 is 1.83 bits per heavy atom. The fraction of sp³-hybridized carbons (Fsp3) is 0.235. The molecule has 0 fully saturated rings. The van der Waals surface area contributed by atoms with E-state index >= 15 is 0 Å². The van der Waals surface area contributed by atoms with Crippen LogP contribution in [0.25, 0.3) is 12.2 Å². The summed E-state index contributed by atoms with van der Waals surface area (Å²) < 4.78 is 0. The van der Waals surface area contributed by atoms with Crippen molar-refractivity contribution in [1.29, 1.82) is 0 Å². The number of hydrogen-bond acceptors (Lipinski definition) is 4. The number of benzene rings is 1. The number of nitrogens with zero attached hydrogens (tertiary/aromatic N) is 1. The molecule has 2 aromatic rings. The molecule has 0 spiro atoms. The molecule has 3 N–H and O–H groups in total. The van der Waals surface area contributed by atoms with Crippen molar-refractivity contribution in [2.24, 2.45) is 0 Å². The van der Waals surface area contributed by atoms with E-state index in [-0.39, 0.29) is 17.7 Å². The van der Waals surface area contributed by atoms with Gasteiger partial charge in [-0.2, -0.15) is 0 Å². The number of carbonyl (C=O) groups is 1. The van der Waals surface area contributed by atoms with E-state index in [2.05, 4.69) is 9.97 Å². The summed E-state index contributed by atoms with van der Waals surface area (Å²) in [6.45, 7) is 5.23. The van der Waals surface area contributed by atoms with Gasteiger partial charge in [0.25, 0.3) is 5.56 Å². The van der Waals surface area contributed by atoms with Crippen LogP contribution in [0.2, 0.25) is 0 Å². The lowest BCUT2D eigenvalue weighted by atomic mass is 10.1. The summed E-state index contributed by atoms with van der Waals surface area (Å²) in [5, 5.41) is 18.6. The maximum absolute atomic E-state index is 11.9. The number of phenolic OH excluding ortho intramolecular Hbond substituents is 1. The minimum Gasteiger partial charge on any atom is -0.507 e. The summed E-state index contributed by atoms with van der Waals surface area (Å²) in [7, 11) is 0. The zero-order chi connectivity index (χ0) is 17.1. The van der Waals surface area contributed by atoms with Crippen LogP contribution in [0, 0.1) is 20.8 Å². The molecule has 0 radical (unpaired) electrons. The first kappa shape index (κ1) is 16.5. The van der Waals surface area contributed by atoms with Gasteiger partial charge in [-0.15, -0.1) is 0 Å². The Balaban J connectivity index is 2.34. The van der Waals surface area contributed by atoms with Gasteiger partial charge in [-0.1, -0.05) is 6.08 Å². The van der Waals surface area contributed by atoms with Crippen LogP contribution in [-0.4, -0.2) is 26.2 Å². The van der Waals surface area contributed by atoms with Crippen molar-refractivity contribution >= 4 is 18.1 Å². The van der Waals surface area contributed by atoms with Gasteiger partial charge in [0, 0.05) is 11.3 Å². The number of aromatic hydroxyl groups is 1. The highest BCUT2D eigenvalue weighted by Gasteiger charge is 2.10. The molecule has 0 unspecified atom stereocenters. The third-order valence-electron chi connectivity index (χ3n) is 3.52. The quantitative estimate of drug-likeness (QED) is 0.802. The number of aryl methyl sites for hydroxylation is 3. The number of aliphatic carboxylic acids is 1. The molecule has 1 aromatic heterocycles. The molecule has 2 rings (SSSR count). The minimum absolute atomic E-state index is 0.158. The number of carboxylic acids is 1. The second-order valence-corrected chi connectivity index (χ2v) is 5.42. The fourth-order valence-corrected chi connectivity index (χ4v) is 2.33. The summed E-state index contributed by atoms with van der Waals surface area (Å²) in [6, 6.07) is 3.64. The van der Waals surface area contributed by atoms with Gasteiger partial charge in [0.2, 0.25) is 0 Å². The molecule has 0 saturated carbocycles. The van der Waals surface area contributed by atoms with E-state index in [1.54, 1.807) is 19.1 Å². The number of phenols is 1. The number of carboxylic acid groups (broad SMARTS) is 1. The molecule has 120 valence electrons. The molecule has 0 aliphatic rings. The van der Waals surface area contributed by atoms with Crippen LogP contribution >= 0.6 is 0 Å². The summed E-state index contributed by atoms with van der Waals surface area (Å²) in [4.78, 5) is 29.5. The topological polar surface area (TPSA) is 103 Å². The first-order valence-corrected chi connectivity index (χ1v) is 7.08. The first-order chi connectivity index (χ1) is 10.8. The Hall–Kier alpha value is -2.89. The van der Waals surface area contributed by atoms with Gasteiger partial charge in [-0.25, -0.2) is 4.98 Å². The highest BCUT2D eigenvalue weighted by atomic mass is 16.4. The third-order valence-corrected chi connectivity index (χ3v) is 3.52. The molecule has 1 heterocycles. The monoisotopic (exact) mass is 314 g/mol. The van der Waals surface area contributed by atoms with Gasteiger partial charge < -0.3 is 15.2 Å². The van der Waals surface area contributed by atoms with Gasteiger partial charge >= 0.3 is 5.97 Å². The van der Waals surface area contributed by atoms with Crippen LogP contribution < -0.4 is 5.56 Å². The first-order valence-electron chi connectivity index (χ1n) is 7.08. The van der Waals surface area contributed by atoms with Crippen LogP contribution in [-0.2, 0) is 11.2 Å². The Labute approximate surface area is 133 Å². The van der Waals surface area contributed by atoms with E-state index < -0.39 is 11.5 Å². The van der Waals surface area contributed by atoms with Gasteiger partial charge in [-0.3, -0.25) is 9.59 Å². The molecular weight excluding hydrogens is 296 g/mol. The van der Waals surface area contributed by atoms with Crippen molar-refractivity contribution < 1.29 is 15.0 Å². The average Bonchev–Trinajstić information content (AvgIpc) is 2.46. The molecule has 0 aliphatic heterocycles. The maximum Gasteiger partial charge on any atom is 0.308 e. The SMILES string of the molecule is Cc1cc(/C=C/c2nc(C)c(CC(=O)O)c(=O)[nH]2)cc(C)c1O. The van der Waals surface area contributed by atoms with Crippen molar-refractivity contribution in [3.05, 3.63) is 56.3 Å². The van der Waals surface area contributed by atoms with E-state index in [0.717, 1.165) is 16.7 Å². The summed E-state index contributed by atoms with van der Waals surface area (Å²) in [5.74, 6) is -0.452. The number of aromatic amines is 1. The van der Waals surface area contributed by atoms with Gasteiger partial charge in [0.05, 0.1) is 6.42 Å². The molecule has 23 heavy (non-hydrogen) atoms. The van der Waals surface area contributed by atoms with E-state index in [9.17, 15) is 14.7 Å². The lowest BCUT2D eigenvalue weighted by molar-refractivity contribution is -0.136. The number of rotatable bonds is 4. The molecule has 0 bridgehead atoms. The van der Waals surface area contributed by atoms with Crippen LogP contribution in [0.15, 0.2) is 16.9 Å². The average molecular weight is 314 g/mol. The summed E-state index contributed by atoms with van der Waals surface area (Å²) >= 11 is 0. The maximum atomic E-state index is 11.9. The van der Waals surface area contributed by atoms with Crippen LogP contribution in [0.1, 0.15) is 33.8 Å². The molecule has 0 amide bonds. The van der Waals surface area contributed by atoms with Crippen molar-refractivity contribution in [2.45, 2.75) is 27.2 Å². The van der Waals surface area contributed by atoms with Crippen LogP contribution in [0.5, 0.6) is 5.75 Å². The number of hydrogen-bond donors (Lipinski definition) is 3. The predicted molar refractivity (Wildman–Crippen MR) is 87.4 cm³/mol. The Bertz CT molecular complexity index is 827. The second-order valence-electron chi connectivity index (χ2n) is 5.42. The molecule has 6 heteroatoms. The largest absolute Gasteiger partial charge is 0.507 e. The minimum atomic E-state index is -1.07. The van der Waals surface area contributed by atoms with Crippen LogP contribution in [0.3, 0.4) is 0 Å². The molecule has 1 aromatic carbocycles. The molecule has 0 saturated heterocycles. The van der Waals surface area contributed by atoms with Crippen molar-refractivity contribution in [3.8, 4) is 5.75 Å². The second kappa shape index (κ2) is 6.48. The lowest BCUT2D eigenvalue weighted by Gasteiger charge is -2.05. The lowest BCUT2D eigenvalue weighted by Crippen LogP contribution is -2.20.